The highest BCUT2D eigenvalue weighted by atomic mass is 16.8. The second kappa shape index (κ2) is 22.2. The Kier molecular flexibility index (Phi) is 17.5. The average Bonchev–Trinajstić information content (AvgIpc) is 3.28. The number of aliphatic hydroxyl groups excluding tert-OH is 13. The van der Waals surface area contributed by atoms with Crippen LogP contribution in [0.4, 0.5) is 0 Å². The molecule has 4 saturated heterocycles. The van der Waals surface area contributed by atoms with Crippen molar-refractivity contribution < 1.29 is 109 Å². The Morgan fingerprint density at radius 1 is 0.547 bits per heavy atom. The van der Waals surface area contributed by atoms with Crippen molar-refractivity contribution in [1.29, 1.82) is 0 Å². The van der Waals surface area contributed by atoms with Crippen LogP contribution in [0.2, 0.25) is 0 Å². The van der Waals surface area contributed by atoms with Crippen LogP contribution in [0.15, 0.2) is 12.2 Å². The molecule has 14 N–H and O–H groups in total. The van der Waals surface area contributed by atoms with E-state index in [1.165, 1.54) is 6.08 Å². The summed E-state index contributed by atoms with van der Waals surface area (Å²) in [5, 5.41) is 138. The zero-order chi connectivity index (χ0) is 46.0. The Morgan fingerprint density at radius 3 is 1.67 bits per heavy atom. The number of rotatable bonds is 13. The van der Waals surface area contributed by atoms with Gasteiger partial charge in [-0.3, -0.25) is 0 Å². The minimum atomic E-state index is -1.92. The molecule has 3 aliphatic carbocycles. The van der Waals surface area contributed by atoms with Crippen molar-refractivity contribution in [3.8, 4) is 0 Å². The van der Waals surface area contributed by atoms with E-state index >= 15 is 0 Å². The van der Waals surface area contributed by atoms with Gasteiger partial charge < -0.3 is 104 Å². The van der Waals surface area contributed by atoms with Crippen molar-refractivity contribution in [3.63, 3.8) is 0 Å². The number of hydrogen-bond donors (Lipinski definition) is 13. The summed E-state index contributed by atoms with van der Waals surface area (Å²) in [5.74, 6) is -1.40. The first-order valence-electron chi connectivity index (χ1n) is 22.7. The van der Waals surface area contributed by atoms with Gasteiger partial charge in [0.1, 0.15) is 86.0 Å². The number of carbonyl (C=O) groups is 1. The van der Waals surface area contributed by atoms with Gasteiger partial charge in [0.2, 0.25) is 0 Å². The number of carbonyl (C=O) groups excluding carboxylic acids is 1. The molecule has 21 unspecified atom stereocenters. The lowest BCUT2D eigenvalue weighted by Gasteiger charge is -2.50. The maximum Gasteiger partial charge on any atom is 0.330 e. The molecule has 3 saturated carbocycles. The molecule has 7 fully saturated rings. The van der Waals surface area contributed by atoms with Gasteiger partial charge in [-0.1, -0.05) is 6.08 Å². The molecule has 21 atom stereocenters. The van der Waals surface area contributed by atoms with Gasteiger partial charge >= 0.3 is 5.97 Å². The summed E-state index contributed by atoms with van der Waals surface area (Å²) in [6, 6.07) is 0. The smallest absolute Gasteiger partial charge is 0.330 e. The van der Waals surface area contributed by atoms with E-state index in [1.54, 1.807) is 6.08 Å². The quantitative estimate of drug-likeness (QED) is 0.0466. The monoisotopic (exact) mass is 925 g/mol. The molecule has 0 bridgehead atoms. The minimum absolute atomic E-state index is 0.0387. The molecular weight excluding hydrogens is 856 g/mol. The first kappa shape index (κ1) is 50.3. The normalized spacial score (nSPS) is 50.5. The molecule has 4 aliphatic heterocycles. The van der Waals surface area contributed by atoms with E-state index in [-0.39, 0.29) is 37.2 Å². The van der Waals surface area contributed by atoms with Gasteiger partial charge in [0.15, 0.2) is 31.1 Å². The zero-order valence-electron chi connectivity index (χ0n) is 35.5. The molecule has 64 heavy (non-hydrogen) atoms. The Hall–Kier alpha value is -1.59. The highest BCUT2D eigenvalue weighted by molar-refractivity contribution is 5.81. The summed E-state index contributed by atoms with van der Waals surface area (Å²) in [6.45, 7) is -2.04. The van der Waals surface area contributed by atoms with Crippen molar-refractivity contribution in [2.45, 2.75) is 205 Å². The van der Waals surface area contributed by atoms with Crippen LogP contribution < -0.4 is 0 Å². The standard InChI is InChI=1S/C42H68O22/c43-14-26-30(49)33(52)36(55)40(61-26)59-24-12-21(47)11-23-22(24)13-25(38(58-23)18-4-8-20(46)9-5-18)60-42-39(64-41-37(56)34(53)31(50)27(15-44)62-41)35(54)32(51)28(63-42)16-57-29(48)10-3-17-1-6-19(45)7-2-17/h3,10,17-28,30-47,49-56H,1-2,4-9,11-16H2/p+1. The first-order valence-corrected chi connectivity index (χ1v) is 22.7. The SMILES string of the molecule is O=C(C=CC1CCC(O)CC1)OCC1OC(OC2CC3C(OC4OC(CO)C(O)C(O)C4O)CC(O)CC3[OH+]C2C2CCC(O)CC2)C(OC2OC(CO)C(O)C(O)C2O)C(O)C1O. The zero-order valence-corrected chi connectivity index (χ0v) is 35.5. The molecule has 7 rings (SSSR count). The Balaban J connectivity index is 1.14. The van der Waals surface area contributed by atoms with Crippen LogP contribution in [-0.4, -0.2) is 232 Å². The van der Waals surface area contributed by atoms with E-state index in [2.05, 4.69) is 0 Å². The fourth-order valence-electron chi connectivity index (χ4n) is 10.5. The summed E-state index contributed by atoms with van der Waals surface area (Å²) in [7, 11) is 0. The maximum absolute atomic E-state index is 12.9. The summed E-state index contributed by atoms with van der Waals surface area (Å²) >= 11 is 0. The third kappa shape index (κ3) is 11.5. The molecule has 0 aromatic rings. The molecule has 4 heterocycles. The first-order chi connectivity index (χ1) is 30.6. The van der Waals surface area contributed by atoms with Crippen molar-refractivity contribution in [1.82, 2.24) is 0 Å². The number of hydrogen-bond acceptors (Lipinski definition) is 21. The minimum Gasteiger partial charge on any atom is -0.460 e. The van der Waals surface area contributed by atoms with Crippen molar-refractivity contribution >= 4 is 5.97 Å². The predicted molar refractivity (Wildman–Crippen MR) is 212 cm³/mol. The van der Waals surface area contributed by atoms with Crippen molar-refractivity contribution in [3.05, 3.63) is 12.2 Å². The molecule has 0 spiro atoms. The number of allylic oxidation sites excluding steroid dienone is 1. The van der Waals surface area contributed by atoms with Crippen LogP contribution in [-0.2, 0) is 38.0 Å². The molecule has 0 aromatic carbocycles. The number of ether oxygens (including phenoxy) is 8. The van der Waals surface area contributed by atoms with Crippen LogP contribution >= 0.6 is 0 Å². The van der Waals surface area contributed by atoms with E-state index in [0.717, 1.165) is 0 Å². The molecule has 368 valence electrons. The number of fused-ring (bicyclic) bond motifs is 1. The Morgan fingerprint density at radius 2 is 1.08 bits per heavy atom. The summed E-state index contributed by atoms with van der Waals surface area (Å²) in [6.07, 6.45) is -21.8. The second-order valence-corrected chi connectivity index (χ2v) is 18.7. The van der Waals surface area contributed by atoms with E-state index in [0.29, 0.717) is 51.4 Å². The number of aliphatic hydroxyl groups is 15. The van der Waals surface area contributed by atoms with Crippen LogP contribution in [0.25, 0.3) is 0 Å². The lowest BCUT2D eigenvalue weighted by molar-refractivity contribution is -0.389. The third-order valence-corrected chi connectivity index (χ3v) is 14.3. The summed E-state index contributed by atoms with van der Waals surface area (Å²) < 4.78 is 47.2. The van der Waals surface area contributed by atoms with Crippen LogP contribution in [0.1, 0.15) is 70.6 Å². The highest BCUT2D eigenvalue weighted by Crippen LogP contribution is 2.44. The van der Waals surface area contributed by atoms with Crippen LogP contribution in [0, 0.1) is 17.8 Å². The lowest BCUT2D eigenvalue weighted by atomic mass is 9.73. The van der Waals surface area contributed by atoms with Gasteiger partial charge in [0.25, 0.3) is 0 Å². The van der Waals surface area contributed by atoms with Gasteiger partial charge in [-0.05, 0) is 63.7 Å². The molecule has 0 radical (unpaired) electrons. The third-order valence-electron chi connectivity index (χ3n) is 14.3. The lowest BCUT2D eigenvalue weighted by Crippen LogP contribution is -2.66. The van der Waals surface area contributed by atoms with Gasteiger partial charge in [-0.15, -0.1) is 0 Å². The van der Waals surface area contributed by atoms with Gasteiger partial charge in [-0.25, -0.2) is 4.79 Å². The average molecular weight is 926 g/mol. The van der Waals surface area contributed by atoms with E-state index < -0.39 is 160 Å². The molecule has 22 nitrogen and oxygen atoms in total. The van der Waals surface area contributed by atoms with Gasteiger partial charge in [-0.2, -0.15) is 0 Å². The van der Waals surface area contributed by atoms with E-state index in [1.807, 2.05) is 0 Å². The van der Waals surface area contributed by atoms with Crippen LogP contribution in [0.3, 0.4) is 0 Å². The van der Waals surface area contributed by atoms with Gasteiger partial charge in [0.05, 0.1) is 43.5 Å². The number of esters is 1. The maximum atomic E-state index is 12.9. The predicted octanol–water partition coefficient (Wildman–Crippen LogP) is -5.17. The van der Waals surface area contributed by atoms with E-state index in [4.69, 9.17) is 37.9 Å². The Labute approximate surface area is 369 Å². The largest absolute Gasteiger partial charge is 0.460 e. The fraction of sp³-hybridized carbons (Fsp3) is 0.929. The molecule has 0 aromatic heterocycles. The fourth-order valence-corrected chi connectivity index (χ4v) is 10.5. The molecular formula is C42H69O22+. The topological polar surface area (TPSA) is 357 Å². The molecule has 7 aliphatic rings. The summed E-state index contributed by atoms with van der Waals surface area (Å²) in [4.78, 5) is 12.9. The van der Waals surface area contributed by atoms with Crippen molar-refractivity contribution in [2.75, 3.05) is 19.8 Å². The second-order valence-electron chi connectivity index (χ2n) is 18.7. The van der Waals surface area contributed by atoms with Gasteiger partial charge in [0, 0.05) is 24.8 Å². The van der Waals surface area contributed by atoms with E-state index in [9.17, 15) is 71.2 Å². The Bertz CT molecular complexity index is 1490. The van der Waals surface area contributed by atoms with Crippen molar-refractivity contribution in [2.24, 2.45) is 17.8 Å². The highest BCUT2D eigenvalue weighted by Gasteiger charge is 2.57. The molecule has 0 amide bonds. The summed E-state index contributed by atoms with van der Waals surface area (Å²) in [5.41, 5.74) is 0. The molecule has 22 heteroatoms. The van der Waals surface area contributed by atoms with Crippen LogP contribution in [0.5, 0.6) is 0 Å².